The van der Waals surface area contributed by atoms with Gasteiger partial charge in [0, 0.05) is 12.8 Å². The fourth-order valence-corrected chi connectivity index (χ4v) is 7.98. The van der Waals surface area contributed by atoms with Crippen LogP contribution in [-0.2, 0) is 14.3 Å². The molecule has 0 radical (unpaired) electrons. The van der Waals surface area contributed by atoms with Crippen molar-refractivity contribution in [3.05, 3.63) is 11.6 Å². The third kappa shape index (κ3) is 3.08. The van der Waals surface area contributed by atoms with Crippen LogP contribution in [0.25, 0.3) is 0 Å². The Labute approximate surface area is 170 Å². The predicted octanol–water partition coefficient (Wildman–Crippen LogP) is 5.72. The molecule has 3 heteroatoms. The fraction of sp³-hybridized carbons (Fsp3) is 0.840. The first-order valence-corrected chi connectivity index (χ1v) is 11.7. The zero-order valence-corrected chi connectivity index (χ0v) is 18.3. The van der Waals surface area contributed by atoms with Crippen LogP contribution < -0.4 is 0 Å². The fourth-order valence-electron chi connectivity index (χ4n) is 7.98. The van der Waals surface area contributed by atoms with Gasteiger partial charge in [0.05, 0.1) is 6.61 Å². The van der Waals surface area contributed by atoms with Crippen LogP contribution >= 0.6 is 0 Å². The molecule has 0 heterocycles. The average molecular weight is 387 g/mol. The summed E-state index contributed by atoms with van der Waals surface area (Å²) in [5.41, 5.74) is 2.11. The van der Waals surface area contributed by atoms with Crippen LogP contribution in [0.5, 0.6) is 0 Å². The maximum atomic E-state index is 12.0. The molecule has 0 aromatic rings. The first-order valence-electron chi connectivity index (χ1n) is 11.7. The van der Waals surface area contributed by atoms with Crippen LogP contribution in [0.15, 0.2) is 11.6 Å². The van der Waals surface area contributed by atoms with Crippen molar-refractivity contribution in [2.24, 2.45) is 40.4 Å². The lowest BCUT2D eigenvalue weighted by Gasteiger charge is -2.58. The van der Waals surface area contributed by atoms with Gasteiger partial charge in [-0.05, 0) is 91.4 Å². The minimum atomic E-state index is -0.0679. The van der Waals surface area contributed by atoms with Crippen LogP contribution in [0.3, 0.4) is 0 Å². The first-order chi connectivity index (χ1) is 13.3. The van der Waals surface area contributed by atoms with E-state index in [4.69, 9.17) is 4.74 Å². The van der Waals surface area contributed by atoms with Crippen molar-refractivity contribution in [2.45, 2.75) is 85.5 Å². The molecule has 4 aliphatic carbocycles. The number of hydrogen-bond donors (Lipinski definition) is 0. The number of ketones is 1. The number of allylic oxidation sites excluding steroid dienone is 1. The third-order valence-corrected chi connectivity index (χ3v) is 9.52. The van der Waals surface area contributed by atoms with E-state index in [1.807, 2.05) is 13.0 Å². The van der Waals surface area contributed by atoms with Crippen LogP contribution in [0.4, 0.5) is 0 Å². The maximum Gasteiger partial charge on any atom is 0.305 e. The van der Waals surface area contributed by atoms with E-state index in [0.717, 1.165) is 37.0 Å². The number of hydrogen-bond acceptors (Lipinski definition) is 3. The summed E-state index contributed by atoms with van der Waals surface area (Å²) in [6.07, 6.45) is 11.9. The molecular formula is C25H38O3. The number of carbonyl (C=O) groups is 2. The van der Waals surface area contributed by atoms with Gasteiger partial charge in [-0.2, -0.15) is 0 Å². The van der Waals surface area contributed by atoms with Crippen molar-refractivity contribution < 1.29 is 14.3 Å². The molecule has 0 aromatic heterocycles. The molecule has 156 valence electrons. The van der Waals surface area contributed by atoms with Gasteiger partial charge in [-0.15, -0.1) is 0 Å². The smallest absolute Gasteiger partial charge is 0.305 e. The molecule has 0 aromatic carbocycles. The number of rotatable bonds is 4. The second-order valence-electron chi connectivity index (χ2n) is 10.7. The van der Waals surface area contributed by atoms with Gasteiger partial charge in [-0.25, -0.2) is 0 Å². The number of carbonyl (C=O) groups excluding carboxylic acids is 2. The number of esters is 1. The lowest BCUT2D eigenvalue weighted by Crippen LogP contribution is -2.51. The summed E-state index contributed by atoms with van der Waals surface area (Å²) in [7, 11) is 0. The molecule has 0 aliphatic heterocycles. The Morgan fingerprint density at radius 2 is 1.93 bits per heavy atom. The van der Waals surface area contributed by atoms with Gasteiger partial charge in [0.1, 0.15) is 0 Å². The van der Waals surface area contributed by atoms with E-state index in [2.05, 4.69) is 20.8 Å². The van der Waals surface area contributed by atoms with Gasteiger partial charge >= 0.3 is 5.97 Å². The Bertz CT molecular complexity index is 679. The van der Waals surface area contributed by atoms with Crippen LogP contribution in [-0.4, -0.2) is 18.4 Å². The average Bonchev–Trinajstić information content (AvgIpc) is 3.03. The number of fused-ring (bicyclic) bond motifs is 5. The van der Waals surface area contributed by atoms with Crippen molar-refractivity contribution in [1.29, 1.82) is 0 Å². The van der Waals surface area contributed by atoms with E-state index in [1.165, 1.54) is 37.7 Å². The second kappa shape index (κ2) is 7.29. The topological polar surface area (TPSA) is 43.4 Å². The molecule has 0 saturated heterocycles. The highest BCUT2D eigenvalue weighted by Gasteiger charge is 2.59. The molecule has 0 spiro atoms. The van der Waals surface area contributed by atoms with Gasteiger partial charge in [0.25, 0.3) is 0 Å². The highest BCUT2D eigenvalue weighted by atomic mass is 16.5. The molecule has 3 saturated carbocycles. The minimum absolute atomic E-state index is 0.0679. The standard InChI is InChI=1S/C25H38O3/c1-5-23(27)28-15-16(2)20-8-9-21-19-7-6-17-14-18(26)10-12-24(17,3)22(19)11-13-25(20,21)4/h14,16,19-22H,5-13,15H2,1-4H3/t16?,19-,20+,21-,22-,24-,25+/m0/s1. The summed E-state index contributed by atoms with van der Waals surface area (Å²) in [5.74, 6) is 3.76. The Hall–Kier alpha value is -1.12. The van der Waals surface area contributed by atoms with Crippen LogP contribution in [0, 0.1) is 40.4 Å². The van der Waals surface area contributed by atoms with E-state index in [0.29, 0.717) is 36.1 Å². The van der Waals surface area contributed by atoms with Crippen molar-refractivity contribution in [3.8, 4) is 0 Å². The summed E-state index contributed by atoms with van der Waals surface area (Å²) in [4.78, 5) is 23.6. The highest BCUT2D eigenvalue weighted by Crippen LogP contribution is 2.67. The van der Waals surface area contributed by atoms with Crippen LogP contribution in [0.2, 0.25) is 0 Å². The summed E-state index contributed by atoms with van der Waals surface area (Å²) in [6.45, 7) is 9.75. The summed E-state index contributed by atoms with van der Waals surface area (Å²) in [5, 5.41) is 0. The molecular weight excluding hydrogens is 348 g/mol. The molecule has 3 nitrogen and oxygen atoms in total. The van der Waals surface area contributed by atoms with Gasteiger partial charge in [0.2, 0.25) is 0 Å². The summed E-state index contributed by atoms with van der Waals surface area (Å²) < 4.78 is 5.52. The molecule has 3 fully saturated rings. The van der Waals surface area contributed by atoms with Crippen molar-refractivity contribution in [3.63, 3.8) is 0 Å². The minimum Gasteiger partial charge on any atom is -0.465 e. The van der Waals surface area contributed by atoms with E-state index in [9.17, 15) is 9.59 Å². The molecule has 28 heavy (non-hydrogen) atoms. The van der Waals surface area contributed by atoms with Crippen molar-refractivity contribution in [1.82, 2.24) is 0 Å². The van der Waals surface area contributed by atoms with Gasteiger partial charge in [-0.1, -0.05) is 33.3 Å². The monoisotopic (exact) mass is 386 g/mol. The van der Waals surface area contributed by atoms with Gasteiger partial charge < -0.3 is 4.74 Å². The quantitative estimate of drug-likeness (QED) is 0.580. The molecule has 0 amide bonds. The lowest BCUT2D eigenvalue weighted by molar-refractivity contribution is -0.146. The zero-order chi connectivity index (χ0) is 20.1. The van der Waals surface area contributed by atoms with E-state index in [-0.39, 0.29) is 11.4 Å². The molecule has 0 bridgehead atoms. The largest absolute Gasteiger partial charge is 0.465 e. The Kier molecular flexibility index (Phi) is 5.25. The molecule has 0 N–H and O–H groups in total. The van der Waals surface area contributed by atoms with Crippen LogP contribution in [0.1, 0.15) is 85.5 Å². The summed E-state index contributed by atoms with van der Waals surface area (Å²) in [6, 6.07) is 0. The number of ether oxygens (including phenoxy) is 1. The van der Waals surface area contributed by atoms with E-state index >= 15 is 0 Å². The zero-order valence-electron chi connectivity index (χ0n) is 18.3. The molecule has 4 rings (SSSR count). The lowest BCUT2D eigenvalue weighted by atomic mass is 9.46. The second-order valence-corrected chi connectivity index (χ2v) is 10.7. The Morgan fingerprint density at radius 1 is 1.14 bits per heavy atom. The Morgan fingerprint density at radius 3 is 2.68 bits per heavy atom. The van der Waals surface area contributed by atoms with Crippen molar-refractivity contribution in [2.75, 3.05) is 6.61 Å². The normalized spacial score (nSPS) is 43.4. The van der Waals surface area contributed by atoms with E-state index < -0.39 is 0 Å². The molecule has 1 unspecified atom stereocenters. The first kappa shape index (κ1) is 20.2. The van der Waals surface area contributed by atoms with Gasteiger partial charge in [-0.3, -0.25) is 9.59 Å². The van der Waals surface area contributed by atoms with Gasteiger partial charge in [0.15, 0.2) is 5.78 Å². The highest BCUT2D eigenvalue weighted by molar-refractivity contribution is 5.91. The molecule has 4 aliphatic rings. The predicted molar refractivity (Wildman–Crippen MR) is 111 cm³/mol. The van der Waals surface area contributed by atoms with Crippen molar-refractivity contribution >= 4 is 11.8 Å². The third-order valence-electron chi connectivity index (χ3n) is 9.52. The maximum absolute atomic E-state index is 12.0. The Balaban J connectivity index is 1.51. The SMILES string of the molecule is CCC(=O)OCC(C)[C@H]1CC[C@H]2[C@@H]3CCC4=CC(=O)CC[C@]4(C)[C@H]3CC[C@]12C. The van der Waals surface area contributed by atoms with E-state index in [1.54, 1.807) is 0 Å². The molecule has 7 atom stereocenters. The summed E-state index contributed by atoms with van der Waals surface area (Å²) >= 11 is 0.